The van der Waals surface area contributed by atoms with E-state index in [9.17, 15) is 0 Å². The lowest BCUT2D eigenvalue weighted by Gasteiger charge is -2.24. The molecular formula is C5H15N2O3P. The van der Waals surface area contributed by atoms with Crippen molar-refractivity contribution < 1.29 is 14.3 Å². The molecule has 0 rings (SSSR count). The van der Waals surface area contributed by atoms with E-state index in [0.29, 0.717) is 19.4 Å². The highest BCUT2D eigenvalue weighted by Crippen LogP contribution is 2.31. The third-order valence-corrected chi connectivity index (χ3v) is 1.75. The maximum Gasteiger partial charge on any atom is 0.328 e. The van der Waals surface area contributed by atoms with Crippen molar-refractivity contribution >= 4 is 8.60 Å². The van der Waals surface area contributed by atoms with E-state index < -0.39 is 14.3 Å². The Kier molecular flexibility index (Phi) is 5.08. The highest BCUT2D eigenvalue weighted by atomic mass is 31.2. The van der Waals surface area contributed by atoms with Crippen LogP contribution in [0.15, 0.2) is 0 Å². The number of nitrogens with two attached hydrogens (primary N) is 2. The lowest BCUT2D eigenvalue weighted by Crippen LogP contribution is -2.38. The first-order chi connectivity index (χ1) is 4.98. The summed E-state index contributed by atoms with van der Waals surface area (Å²) in [5.74, 6) is 0. The highest BCUT2D eigenvalue weighted by Gasteiger charge is 2.22. The molecule has 0 spiro atoms. The summed E-state index contributed by atoms with van der Waals surface area (Å²) in [6.45, 7) is 2.11. The first-order valence-corrected chi connectivity index (χ1v) is 4.50. The van der Waals surface area contributed by atoms with E-state index in [4.69, 9.17) is 21.3 Å². The number of hydrogen-bond acceptors (Lipinski definition) is 5. The van der Waals surface area contributed by atoms with Gasteiger partial charge in [0.1, 0.15) is 5.72 Å². The molecule has 0 amide bonds. The van der Waals surface area contributed by atoms with Gasteiger partial charge < -0.3 is 21.3 Å². The van der Waals surface area contributed by atoms with Crippen LogP contribution in [0, 0.1) is 0 Å². The highest BCUT2D eigenvalue weighted by molar-refractivity contribution is 7.39. The monoisotopic (exact) mass is 182 g/mol. The third-order valence-electron chi connectivity index (χ3n) is 1.17. The standard InChI is InChI=1S/C5H15N2O3P/c1-5(7,3-2-4-6)10-11(8)9/h8-9H,2-4,6-7H2,1H3. The molecule has 0 aliphatic carbocycles. The molecule has 0 bridgehead atoms. The van der Waals surface area contributed by atoms with Gasteiger partial charge in [-0.15, -0.1) is 0 Å². The first-order valence-electron chi connectivity index (χ1n) is 3.34. The molecule has 0 fully saturated rings. The molecule has 0 aromatic carbocycles. The van der Waals surface area contributed by atoms with E-state index in [-0.39, 0.29) is 0 Å². The van der Waals surface area contributed by atoms with Gasteiger partial charge in [0, 0.05) is 0 Å². The zero-order valence-corrected chi connectivity index (χ0v) is 7.42. The van der Waals surface area contributed by atoms with Crippen molar-refractivity contribution in [2.75, 3.05) is 6.54 Å². The molecule has 6 heteroatoms. The zero-order valence-electron chi connectivity index (χ0n) is 6.53. The summed E-state index contributed by atoms with van der Waals surface area (Å²) in [4.78, 5) is 16.9. The van der Waals surface area contributed by atoms with Gasteiger partial charge in [-0.2, -0.15) is 0 Å². The molecular weight excluding hydrogens is 167 g/mol. The molecule has 68 valence electrons. The average Bonchev–Trinajstić information content (AvgIpc) is 1.81. The van der Waals surface area contributed by atoms with Gasteiger partial charge in [-0.25, -0.2) is 0 Å². The molecule has 5 nitrogen and oxygen atoms in total. The summed E-state index contributed by atoms with van der Waals surface area (Å²) in [6.07, 6.45) is 1.22. The van der Waals surface area contributed by atoms with E-state index in [1.54, 1.807) is 6.92 Å². The largest absolute Gasteiger partial charge is 0.330 e. The fourth-order valence-corrected chi connectivity index (χ4v) is 1.15. The predicted molar refractivity (Wildman–Crippen MR) is 43.3 cm³/mol. The minimum Gasteiger partial charge on any atom is -0.330 e. The molecule has 0 aromatic heterocycles. The molecule has 11 heavy (non-hydrogen) atoms. The lowest BCUT2D eigenvalue weighted by atomic mass is 10.1. The summed E-state index contributed by atoms with van der Waals surface area (Å²) >= 11 is 0. The number of rotatable bonds is 5. The van der Waals surface area contributed by atoms with Gasteiger partial charge in [0.05, 0.1) is 0 Å². The lowest BCUT2D eigenvalue weighted by molar-refractivity contribution is 0.0687. The molecule has 0 radical (unpaired) electrons. The Morgan fingerprint density at radius 1 is 1.55 bits per heavy atom. The van der Waals surface area contributed by atoms with E-state index >= 15 is 0 Å². The Morgan fingerprint density at radius 3 is 2.45 bits per heavy atom. The van der Waals surface area contributed by atoms with Crippen molar-refractivity contribution in [3.63, 3.8) is 0 Å². The molecule has 0 aliphatic rings. The van der Waals surface area contributed by atoms with Gasteiger partial charge in [0.15, 0.2) is 0 Å². The van der Waals surface area contributed by atoms with Gasteiger partial charge in [-0.05, 0) is 26.3 Å². The summed E-state index contributed by atoms with van der Waals surface area (Å²) in [6, 6.07) is 0. The molecule has 0 aliphatic heterocycles. The van der Waals surface area contributed by atoms with Gasteiger partial charge in [0.2, 0.25) is 0 Å². The van der Waals surface area contributed by atoms with Crippen LogP contribution in [0.25, 0.3) is 0 Å². The Morgan fingerprint density at radius 2 is 2.09 bits per heavy atom. The van der Waals surface area contributed by atoms with E-state index in [2.05, 4.69) is 4.52 Å². The van der Waals surface area contributed by atoms with E-state index in [0.717, 1.165) is 0 Å². The minimum atomic E-state index is -2.37. The maximum absolute atomic E-state index is 8.47. The van der Waals surface area contributed by atoms with E-state index in [1.807, 2.05) is 0 Å². The fraction of sp³-hybridized carbons (Fsp3) is 1.00. The zero-order chi connectivity index (χ0) is 8.91. The minimum absolute atomic E-state index is 0.517. The van der Waals surface area contributed by atoms with Gasteiger partial charge in [-0.3, -0.25) is 4.52 Å². The Balaban J connectivity index is 3.61. The molecule has 1 atom stereocenters. The number of hydrogen-bond donors (Lipinski definition) is 4. The van der Waals surface area contributed by atoms with Crippen LogP contribution in [0.4, 0.5) is 0 Å². The molecule has 0 saturated carbocycles. The molecule has 1 unspecified atom stereocenters. The van der Waals surface area contributed by atoms with Crippen LogP contribution in [0.1, 0.15) is 19.8 Å². The molecule has 0 heterocycles. The second-order valence-electron chi connectivity index (χ2n) is 2.55. The van der Waals surface area contributed by atoms with Crippen LogP contribution in [0.5, 0.6) is 0 Å². The van der Waals surface area contributed by atoms with Crippen LogP contribution in [0.2, 0.25) is 0 Å². The summed E-state index contributed by atoms with van der Waals surface area (Å²) in [5, 5.41) is 0. The molecule has 0 saturated heterocycles. The van der Waals surface area contributed by atoms with Gasteiger partial charge in [-0.1, -0.05) is 0 Å². The predicted octanol–water partition coefficient (Wildman–Crippen LogP) is -0.372. The van der Waals surface area contributed by atoms with Gasteiger partial charge >= 0.3 is 8.60 Å². The van der Waals surface area contributed by atoms with Crippen LogP contribution < -0.4 is 11.5 Å². The summed E-state index contributed by atoms with van der Waals surface area (Å²) in [5.41, 5.74) is 9.78. The third kappa shape index (κ3) is 6.62. The summed E-state index contributed by atoms with van der Waals surface area (Å²) < 4.78 is 4.64. The van der Waals surface area contributed by atoms with E-state index in [1.165, 1.54) is 0 Å². The van der Waals surface area contributed by atoms with Crippen molar-refractivity contribution in [3.05, 3.63) is 0 Å². The van der Waals surface area contributed by atoms with Crippen molar-refractivity contribution in [1.82, 2.24) is 0 Å². The molecule has 6 N–H and O–H groups in total. The van der Waals surface area contributed by atoms with Gasteiger partial charge in [0.25, 0.3) is 0 Å². The Labute approximate surface area is 67.3 Å². The van der Waals surface area contributed by atoms with Crippen LogP contribution >= 0.6 is 8.60 Å². The smallest absolute Gasteiger partial charge is 0.328 e. The second kappa shape index (κ2) is 4.98. The average molecular weight is 182 g/mol. The van der Waals surface area contributed by atoms with Crippen LogP contribution in [0.3, 0.4) is 0 Å². The SMILES string of the molecule is CC(N)(CCCN)OP(O)O. The van der Waals surface area contributed by atoms with Crippen LogP contribution in [-0.2, 0) is 4.52 Å². The van der Waals surface area contributed by atoms with Crippen molar-refractivity contribution in [3.8, 4) is 0 Å². The molecule has 0 aromatic rings. The normalized spacial score (nSPS) is 16.9. The summed E-state index contributed by atoms with van der Waals surface area (Å²) in [7, 11) is -2.37. The fourth-order valence-electron chi connectivity index (χ4n) is 0.685. The Hall–Kier alpha value is 0.230. The topological polar surface area (TPSA) is 102 Å². The maximum atomic E-state index is 8.47. The second-order valence-corrected chi connectivity index (χ2v) is 3.24. The quantitative estimate of drug-likeness (QED) is 0.343. The van der Waals surface area contributed by atoms with Crippen LogP contribution in [-0.4, -0.2) is 22.1 Å². The van der Waals surface area contributed by atoms with Crippen molar-refractivity contribution in [1.29, 1.82) is 0 Å². The van der Waals surface area contributed by atoms with Crippen molar-refractivity contribution in [2.24, 2.45) is 11.5 Å². The Bertz CT molecular complexity index is 110. The first kappa shape index (κ1) is 11.2. The van der Waals surface area contributed by atoms with Crippen molar-refractivity contribution in [2.45, 2.75) is 25.5 Å².